The van der Waals surface area contributed by atoms with Crippen LogP contribution < -0.4 is 0 Å². The normalized spacial score (nSPS) is 11.5. The van der Waals surface area contributed by atoms with Gasteiger partial charge in [-0.2, -0.15) is 0 Å². The van der Waals surface area contributed by atoms with Crippen LogP contribution in [0.5, 0.6) is 0 Å². The number of aryl methyl sites for hydroxylation is 1. The Morgan fingerprint density at radius 2 is 2.06 bits per heavy atom. The third-order valence-electron chi connectivity index (χ3n) is 2.56. The molecule has 0 spiro atoms. The summed E-state index contributed by atoms with van der Waals surface area (Å²) < 4.78 is 14.2. The van der Waals surface area contributed by atoms with Crippen molar-refractivity contribution in [3.8, 4) is 0 Å². The van der Waals surface area contributed by atoms with Gasteiger partial charge >= 0.3 is 0 Å². The summed E-state index contributed by atoms with van der Waals surface area (Å²) in [6, 6.07) is 7.12. The van der Waals surface area contributed by atoms with E-state index >= 15 is 0 Å². The highest BCUT2D eigenvalue weighted by atomic mass is 32.1. The molecule has 3 heteroatoms. The molecule has 0 aliphatic rings. The van der Waals surface area contributed by atoms with E-state index in [4.69, 9.17) is 0 Å². The molecular formula is C13H16FNS. The smallest absolute Gasteiger partial charge is 0.123 e. The quantitative estimate of drug-likeness (QED) is 0.786. The minimum absolute atomic E-state index is 0.148. The predicted molar refractivity (Wildman–Crippen MR) is 68.7 cm³/mol. The van der Waals surface area contributed by atoms with E-state index in [-0.39, 0.29) is 5.82 Å². The van der Waals surface area contributed by atoms with Gasteiger partial charge in [-0.1, -0.05) is 0 Å². The highest BCUT2D eigenvalue weighted by Gasteiger charge is 2.03. The van der Waals surface area contributed by atoms with Gasteiger partial charge in [0.15, 0.2) is 0 Å². The summed E-state index contributed by atoms with van der Waals surface area (Å²) in [7, 11) is 4.17. The van der Waals surface area contributed by atoms with Gasteiger partial charge < -0.3 is 4.90 Å². The summed E-state index contributed by atoms with van der Waals surface area (Å²) in [6.45, 7) is 1.10. The van der Waals surface area contributed by atoms with Crippen LogP contribution in [0.2, 0.25) is 0 Å². The van der Waals surface area contributed by atoms with E-state index in [1.54, 1.807) is 17.4 Å². The molecule has 2 aromatic rings. The summed E-state index contributed by atoms with van der Waals surface area (Å²) in [5.41, 5.74) is 0. The maximum absolute atomic E-state index is 13.0. The van der Waals surface area contributed by atoms with Crippen LogP contribution >= 0.6 is 11.3 Å². The van der Waals surface area contributed by atoms with Crippen molar-refractivity contribution < 1.29 is 4.39 Å². The highest BCUT2D eigenvalue weighted by Crippen LogP contribution is 2.27. The Morgan fingerprint density at radius 1 is 1.25 bits per heavy atom. The lowest BCUT2D eigenvalue weighted by Crippen LogP contribution is -2.13. The Kier molecular flexibility index (Phi) is 3.56. The average Bonchev–Trinajstić information content (AvgIpc) is 2.58. The first kappa shape index (κ1) is 11.6. The second-order valence-corrected chi connectivity index (χ2v) is 5.47. The van der Waals surface area contributed by atoms with E-state index in [1.165, 1.54) is 15.6 Å². The number of rotatable bonds is 4. The molecule has 0 radical (unpaired) electrons. The molecule has 0 atom stereocenters. The number of thiophene rings is 1. The van der Waals surface area contributed by atoms with E-state index in [0.29, 0.717) is 0 Å². The molecule has 1 aromatic heterocycles. The molecule has 0 amide bonds. The third-order valence-corrected chi connectivity index (χ3v) is 3.73. The lowest BCUT2D eigenvalue weighted by atomic mass is 10.2. The van der Waals surface area contributed by atoms with Gasteiger partial charge in [0.05, 0.1) is 0 Å². The summed E-state index contributed by atoms with van der Waals surface area (Å²) in [4.78, 5) is 3.54. The molecule has 0 N–H and O–H groups in total. The topological polar surface area (TPSA) is 3.24 Å². The summed E-state index contributed by atoms with van der Waals surface area (Å²) in [5.74, 6) is -0.148. The molecule has 16 heavy (non-hydrogen) atoms. The van der Waals surface area contributed by atoms with Gasteiger partial charge in [-0.25, -0.2) is 4.39 Å². The molecule has 0 saturated carbocycles. The van der Waals surface area contributed by atoms with Crippen LogP contribution in [0.3, 0.4) is 0 Å². The first-order chi connectivity index (χ1) is 7.65. The van der Waals surface area contributed by atoms with Crippen molar-refractivity contribution >= 4 is 21.4 Å². The standard InChI is InChI=1S/C13H16FNS/c1-15(2)7-3-4-12-9-10-8-11(14)5-6-13(10)16-12/h5-6,8-9H,3-4,7H2,1-2H3. The second-order valence-electron chi connectivity index (χ2n) is 4.30. The molecule has 86 valence electrons. The van der Waals surface area contributed by atoms with Crippen molar-refractivity contribution in [2.45, 2.75) is 12.8 Å². The minimum Gasteiger partial charge on any atom is -0.309 e. The summed E-state index contributed by atoms with van der Waals surface area (Å²) in [5, 5.41) is 1.03. The zero-order valence-corrected chi connectivity index (χ0v) is 10.5. The monoisotopic (exact) mass is 237 g/mol. The lowest BCUT2D eigenvalue weighted by molar-refractivity contribution is 0.401. The summed E-state index contributed by atoms with van der Waals surface area (Å²) in [6.07, 6.45) is 2.24. The van der Waals surface area contributed by atoms with Crippen LogP contribution in [-0.2, 0) is 6.42 Å². The van der Waals surface area contributed by atoms with Crippen molar-refractivity contribution in [2.24, 2.45) is 0 Å². The van der Waals surface area contributed by atoms with E-state index in [0.717, 1.165) is 24.8 Å². The number of halogens is 1. The predicted octanol–water partition coefficient (Wildman–Crippen LogP) is 3.53. The van der Waals surface area contributed by atoms with Crippen LogP contribution in [0.15, 0.2) is 24.3 Å². The van der Waals surface area contributed by atoms with Gasteiger partial charge in [-0.3, -0.25) is 0 Å². The summed E-state index contributed by atoms with van der Waals surface area (Å²) >= 11 is 1.77. The van der Waals surface area contributed by atoms with Crippen molar-refractivity contribution in [1.29, 1.82) is 0 Å². The first-order valence-corrected chi connectivity index (χ1v) is 6.29. The van der Waals surface area contributed by atoms with Gasteiger partial charge in [0.1, 0.15) is 5.82 Å². The lowest BCUT2D eigenvalue weighted by Gasteiger charge is -2.07. The zero-order chi connectivity index (χ0) is 11.5. The maximum atomic E-state index is 13.0. The number of hydrogen-bond donors (Lipinski definition) is 0. The molecule has 1 nitrogen and oxygen atoms in total. The molecular weight excluding hydrogens is 221 g/mol. The number of hydrogen-bond acceptors (Lipinski definition) is 2. The maximum Gasteiger partial charge on any atom is 0.123 e. The Hall–Kier alpha value is -0.930. The first-order valence-electron chi connectivity index (χ1n) is 5.48. The Morgan fingerprint density at radius 3 is 2.81 bits per heavy atom. The SMILES string of the molecule is CN(C)CCCc1cc2cc(F)ccc2s1. The van der Waals surface area contributed by atoms with E-state index in [1.807, 2.05) is 6.07 Å². The van der Waals surface area contributed by atoms with Crippen LogP contribution in [0.4, 0.5) is 4.39 Å². The molecule has 1 heterocycles. The Balaban J connectivity index is 2.08. The van der Waals surface area contributed by atoms with Crippen molar-refractivity contribution in [3.05, 3.63) is 35.0 Å². The number of fused-ring (bicyclic) bond motifs is 1. The fourth-order valence-corrected chi connectivity index (χ4v) is 2.85. The van der Waals surface area contributed by atoms with E-state index in [2.05, 4.69) is 25.1 Å². The van der Waals surface area contributed by atoms with Gasteiger partial charge in [-0.05, 0) is 63.1 Å². The molecule has 1 aromatic carbocycles. The largest absolute Gasteiger partial charge is 0.309 e. The van der Waals surface area contributed by atoms with Crippen molar-refractivity contribution in [2.75, 3.05) is 20.6 Å². The fourth-order valence-electron chi connectivity index (χ4n) is 1.76. The van der Waals surface area contributed by atoms with Gasteiger partial charge in [0, 0.05) is 9.58 Å². The molecule has 0 fully saturated rings. The van der Waals surface area contributed by atoms with Crippen LogP contribution in [0, 0.1) is 5.82 Å². The Labute approximate surface area is 99.5 Å². The van der Waals surface area contributed by atoms with Gasteiger partial charge in [0.25, 0.3) is 0 Å². The zero-order valence-electron chi connectivity index (χ0n) is 9.66. The van der Waals surface area contributed by atoms with Crippen LogP contribution in [0.1, 0.15) is 11.3 Å². The number of benzene rings is 1. The van der Waals surface area contributed by atoms with E-state index < -0.39 is 0 Å². The molecule has 0 unspecified atom stereocenters. The third kappa shape index (κ3) is 2.80. The van der Waals surface area contributed by atoms with Crippen molar-refractivity contribution in [1.82, 2.24) is 4.90 Å². The van der Waals surface area contributed by atoms with Crippen molar-refractivity contribution in [3.63, 3.8) is 0 Å². The number of nitrogens with zero attached hydrogens (tertiary/aromatic N) is 1. The highest BCUT2D eigenvalue weighted by molar-refractivity contribution is 7.19. The molecule has 2 rings (SSSR count). The average molecular weight is 237 g/mol. The second kappa shape index (κ2) is 4.93. The molecule has 0 aliphatic carbocycles. The van der Waals surface area contributed by atoms with E-state index in [9.17, 15) is 4.39 Å². The molecule has 0 aliphatic heterocycles. The van der Waals surface area contributed by atoms with Gasteiger partial charge in [0.2, 0.25) is 0 Å². The minimum atomic E-state index is -0.148. The molecule has 0 saturated heterocycles. The Bertz CT molecular complexity index is 476. The molecule has 0 bridgehead atoms. The van der Waals surface area contributed by atoms with Crippen LogP contribution in [0.25, 0.3) is 10.1 Å². The van der Waals surface area contributed by atoms with Gasteiger partial charge in [-0.15, -0.1) is 11.3 Å². The van der Waals surface area contributed by atoms with Crippen LogP contribution in [-0.4, -0.2) is 25.5 Å². The fraction of sp³-hybridized carbons (Fsp3) is 0.385.